The Kier molecular flexibility index (Phi) is 5.75. The van der Waals surface area contributed by atoms with E-state index in [9.17, 15) is 5.11 Å². The zero-order valence-electron chi connectivity index (χ0n) is 10.2. The predicted molar refractivity (Wildman–Crippen MR) is 68.7 cm³/mol. The highest BCUT2D eigenvalue weighted by Gasteiger charge is 2.17. The number of aliphatic hydroxyl groups is 2. The zero-order chi connectivity index (χ0) is 12.8. The first kappa shape index (κ1) is 14.3. The van der Waals surface area contributed by atoms with Crippen molar-refractivity contribution in [2.24, 2.45) is 0 Å². The molecule has 2 unspecified atom stereocenters. The Morgan fingerprint density at radius 1 is 1.41 bits per heavy atom. The Morgan fingerprint density at radius 2 is 2.12 bits per heavy atom. The van der Waals surface area contributed by atoms with Crippen molar-refractivity contribution in [3.8, 4) is 5.75 Å². The molecule has 3 nitrogen and oxygen atoms in total. The summed E-state index contributed by atoms with van der Waals surface area (Å²) in [6.07, 6.45) is 0.681. The van der Waals surface area contributed by atoms with E-state index in [-0.39, 0.29) is 12.5 Å². The third-order valence-corrected chi connectivity index (χ3v) is 3.23. The smallest absolute Gasteiger partial charge is 0.120 e. The highest BCUT2D eigenvalue weighted by Crippen LogP contribution is 2.33. The number of hydrogen-bond donors (Lipinski definition) is 2. The average molecular weight is 259 g/mol. The van der Waals surface area contributed by atoms with E-state index in [4.69, 9.17) is 21.4 Å². The van der Waals surface area contributed by atoms with Gasteiger partial charge in [0.2, 0.25) is 0 Å². The molecule has 0 aromatic heterocycles. The SMILES string of the molecule is CCC(CC(O)CO)c1ccc(OC)cc1Cl. The molecule has 96 valence electrons. The third kappa shape index (κ3) is 3.87. The third-order valence-electron chi connectivity index (χ3n) is 2.91. The first-order chi connectivity index (χ1) is 8.12. The number of rotatable bonds is 6. The molecule has 0 amide bonds. The van der Waals surface area contributed by atoms with Gasteiger partial charge in [-0.2, -0.15) is 0 Å². The number of hydrogen-bond acceptors (Lipinski definition) is 3. The van der Waals surface area contributed by atoms with E-state index >= 15 is 0 Å². The molecule has 0 bridgehead atoms. The lowest BCUT2D eigenvalue weighted by Crippen LogP contribution is -2.16. The molecule has 0 spiro atoms. The van der Waals surface area contributed by atoms with Gasteiger partial charge in [-0.3, -0.25) is 0 Å². The first-order valence-electron chi connectivity index (χ1n) is 5.74. The van der Waals surface area contributed by atoms with Gasteiger partial charge in [0.15, 0.2) is 0 Å². The van der Waals surface area contributed by atoms with Gasteiger partial charge in [0.25, 0.3) is 0 Å². The normalized spacial score (nSPS) is 14.4. The van der Waals surface area contributed by atoms with Crippen LogP contribution in [0.1, 0.15) is 31.2 Å². The summed E-state index contributed by atoms with van der Waals surface area (Å²) >= 11 is 6.18. The summed E-state index contributed by atoms with van der Waals surface area (Å²) in [6.45, 7) is 1.82. The molecule has 2 atom stereocenters. The van der Waals surface area contributed by atoms with E-state index in [0.717, 1.165) is 17.7 Å². The number of aliphatic hydroxyl groups excluding tert-OH is 2. The van der Waals surface area contributed by atoms with E-state index < -0.39 is 6.10 Å². The van der Waals surface area contributed by atoms with Crippen molar-refractivity contribution in [2.75, 3.05) is 13.7 Å². The molecular weight excluding hydrogens is 240 g/mol. The number of halogens is 1. The molecule has 0 heterocycles. The van der Waals surface area contributed by atoms with Crippen LogP contribution in [0.5, 0.6) is 5.75 Å². The second-order valence-electron chi connectivity index (χ2n) is 4.06. The fourth-order valence-corrected chi connectivity index (χ4v) is 2.21. The molecule has 1 aromatic carbocycles. The van der Waals surface area contributed by atoms with Gasteiger partial charge in [-0.05, 0) is 36.5 Å². The van der Waals surface area contributed by atoms with Crippen molar-refractivity contribution in [3.63, 3.8) is 0 Å². The molecule has 0 saturated heterocycles. The summed E-state index contributed by atoms with van der Waals surface area (Å²) in [5.74, 6) is 0.867. The molecule has 17 heavy (non-hydrogen) atoms. The Labute approximate surface area is 107 Å². The average Bonchev–Trinajstić information content (AvgIpc) is 2.35. The van der Waals surface area contributed by atoms with Gasteiger partial charge in [0.05, 0.1) is 19.8 Å². The van der Waals surface area contributed by atoms with Crippen molar-refractivity contribution < 1.29 is 14.9 Å². The molecule has 1 aromatic rings. The van der Waals surface area contributed by atoms with Crippen LogP contribution in [0.4, 0.5) is 0 Å². The fraction of sp³-hybridized carbons (Fsp3) is 0.538. The van der Waals surface area contributed by atoms with Gasteiger partial charge >= 0.3 is 0 Å². The van der Waals surface area contributed by atoms with Gasteiger partial charge in [-0.15, -0.1) is 0 Å². The monoisotopic (exact) mass is 258 g/mol. The van der Waals surface area contributed by atoms with E-state index in [1.165, 1.54) is 0 Å². The zero-order valence-corrected chi connectivity index (χ0v) is 10.9. The molecule has 2 N–H and O–H groups in total. The predicted octanol–water partition coefficient (Wildman–Crippen LogP) is 2.59. The summed E-state index contributed by atoms with van der Waals surface area (Å²) < 4.78 is 5.09. The second-order valence-corrected chi connectivity index (χ2v) is 4.47. The topological polar surface area (TPSA) is 49.7 Å². The van der Waals surface area contributed by atoms with E-state index in [1.54, 1.807) is 13.2 Å². The van der Waals surface area contributed by atoms with Crippen LogP contribution in [0.3, 0.4) is 0 Å². The molecule has 0 saturated carbocycles. The molecule has 0 fully saturated rings. The van der Waals surface area contributed by atoms with Gasteiger partial charge in [-0.1, -0.05) is 24.6 Å². The highest BCUT2D eigenvalue weighted by atomic mass is 35.5. The highest BCUT2D eigenvalue weighted by molar-refractivity contribution is 6.31. The summed E-state index contributed by atoms with van der Waals surface area (Å²) in [5, 5.41) is 19.0. The fourth-order valence-electron chi connectivity index (χ4n) is 1.88. The molecule has 0 aliphatic carbocycles. The molecule has 0 aliphatic heterocycles. The number of methoxy groups -OCH3 is 1. The van der Waals surface area contributed by atoms with E-state index in [1.807, 2.05) is 19.1 Å². The van der Waals surface area contributed by atoms with Crippen molar-refractivity contribution in [3.05, 3.63) is 28.8 Å². The van der Waals surface area contributed by atoms with Crippen LogP contribution < -0.4 is 4.74 Å². The maximum Gasteiger partial charge on any atom is 0.120 e. The van der Waals surface area contributed by atoms with E-state index in [2.05, 4.69) is 0 Å². The molecule has 4 heteroatoms. The summed E-state index contributed by atoms with van der Waals surface area (Å²) in [4.78, 5) is 0. The molecular formula is C13H19ClO3. The summed E-state index contributed by atoms with van der Waals surface area (Å²) in [7, 11) is 1.60. The first-order valence-corrected chi connectivity index (χ1v) is 6.12. The van der Waals surface area contributed by atoms with E-state index in [0.29, 0.717) is 11.4 Å². The van der Waals surface area contributed by atoms with Crippen LogP contribution >= 0.6 is 11.6 Å². The summed E-state index contributed by atoms with van der Waals surface area (Å²) in [6, 6.07) is 5.54. The van der Waals surface area contributed by atoms with Gasteiger partial charge in [0.1, 0.15) is 5.75 Å². The standard InChI is InChI=1S/C13H19ClO3/c1-3-9(6-10(16)8-15)12-5-4-11(17-2)7-13(12)14/h4-5,7,9-10,15-16H,3,6,8H2,1-2H3. The summed E-state index contributed by atoms with van der Waals surface area (Å²) in [5.41, 5.74) is 0.988. The maximum atomic E-state index is 9.49. The second kappa shape index (κ2) is 6.84. The molecule has 1 rings (SSSR count). The number of ether oxygens (including phenoxy) is 1. The van der Waals surface area contributed by atoms with Crippen LogP contribution in [0.25, 0.3) is 0 Å². The lowest BCUT2D eigenvalue weighted by molar-refractivity contribution is 0.0817. The van der Waals surface area contributed by atoms with Crippen LogP contribution in [-0.2, 0) is 0 Å². The minimum Gasteiger partial charge on any atom is -0.497 e. The van der Waals surface area contributed by atoms with Crippen molar-refractivity contribution in [1.29, 1.82) is 0 Å². The Morgan fingerprint density at radius 3 is 2.59 bits per heavy atom. The maximum absolute atomic E-state index is 9.49. The van der Waals surface area contributed by atoms with Crippen LogP contribution in [-0.4, -0.2) is 30.0 Å². The van der Waals surface area contributed by atoms with Crippen molar-refractivity contribution >= 4 is 11.6 Å². The Bertz CT molecular complexity index is 355. The van der Waals surface area contributed by atoms with Crippen molar-refractivity contribution in [1.82, 2.24) is 0 Å². The quantitative estimate of drug-likeness (QED) is 0.825. The van der Waals surface area contributed by atoms with Gasteiger partial charge < -0.3 is 14.9 Å². The lowest BCUT2D eigenvalue weighted by atomic mass is 9.91. The van der Waals surface area contributed by atoms with Gasteiger partial charge in [0, 0.05) is 5.02 Å². The minimum atomic E-state index is -0.696. The van der Waals surface area contributed by atoms with Crippen LogP contribution in [0, 0.1) is 0 Å². The van der Waals surface area contributed by atoms with Crippen LogP contribution in [0.15, 0.2) is 18.2 Å². The number of benzene rings is 1. The van der Waals surface area contributed by atoms with Crippen LogP contribution in [0.2, 0.25) is 5.02 Å². The Hall–Kier alpha value is -0.770. The van der Waals surface area contributed by atoms with Gasteiger partial charge in [-0.25, -0.2) is 0 Å². The lowest BCUT2D eigenvalue weighted by Gasteiger charge is -2.19. The molecule has 0 radical (unpaired) electrons. The molecule has 0 aliphatic rings. The van der Waals surface area contributed by atoms with Crippen molar-refractivity contribution in [2.45, 2.75) is 31.8 Å². The minimum absolute atomic E-state index is 0.149. The largest absolute Gasteiger partial charge is 0.497 e. The Balaban J connectivity index is 2.88.